The molecule has 1 unspecified atom stereocenters. The number of hydrogen-bond acceptors (Lipinski definition) is 3. The molecule has 0 bridgehead atoms. The molecule has 3 heteroatoms. The van der Waals surface area contributed by atoms with Gasteiger partial charge in [0.25, 0.3) is 0 Å². The summed E-state index contributed by atoms with van der Waals surface area (Å²) in [5, 5.41) is 0. The number of rotatable bonds is 1. The lowest BCUT2D eigenvalue weighted by atomic mass is 9.94. The molecule has 1 rings (SSSR count). The third-order valence-electron chi connectivity index (χ3n) is 1.95. The smallest absolute Gasteiger partial charge is 0.0267 e. The zero-order valence-electron chi connectivity index (χ0n) is 6.76. The second-order valence-corrected chi connectivity index (χ2v) is 4.19. The minimum atomic E-state index is 0.0568. The predicted molar refractivity (Wildman–Crippen MR) is 46.9 cm³/mol. The second kappa shape index (κ2) is 3.11. The highest BCUT2D eigenvalue weighted by molar-refractivity contribution is 7.96. The molecular weight excluding hydrogens is 144 g/mol. The third kappa shape index (κ3) is 2.15. The summed E-state index contributed by atoms with van der Waals surface area (Å²) in [5.41, 5.74) is 6.05. The maximum Gasteiger partial charge on any atom is 0.0267 e. The van der Waals surface area contributed by atoms with Gasteiger partial charge >= 0.3 is 0 Å². The summed E-state index contributed by atoms with van der Waals surface area (Å²) in [5.74, 6) is 0. The van der Waals surface area contributed by atoms with E-state index in [2.05, 4.69) is 17.5 Å². The van der Waals surface area contributed by atoms with Gasteiger partial charge in [0.1, 0.15) is 0 Å². The molecule has 0 radical (unpaired) electrons. The SMILES string of the molecule is CSN1CCCC(C)(N)C1. The van der Waals surface area contributed by atoms with E-state index >= 15 is 0 Å². The van der Waals surface area contributed by atoms with E-state index in [1.54, 1.807) is 11.9 Å². The molecule has 1 aliphatic heterocycles. The van der Waals surface area contributed by atoms with Crippen LogP contribution in [0, 0.1) is 0 Å². The Labute approximate surface area is 67.3 Å². The van der Waals surface area contributed by atoms with Gasteiger partial charge in [-0.2, -0.15) is 0 Å². The van der Waals surface area contributed by atoms with Crippen LogP contribution >= 0.6 is 11.9 Å². The molecule has 1 heterocycles. The molecule has 0 aromatic heterocycles. The molecular formula is C7H16N2S. The fourth-order valence-electron chi connectivity index (χ4n) is 1.38. The van der Waals surface area contributed by atoms with Gasteiger partial charge in [0.2, 0.25) is 0 Å². The van der Waals surface area contributed by atoms with Crippen molar-refractivity contribution in [3.63, 3.8) is 0 Å². The molecule has 60 valence electrons. The monoisotopic (exact) mass is 160 g/mol. The first-order chi connectivity index (χ1) is 4.64. The van der Waals surface area contributed by atoms with Crippen LogP contribution in [0.25, 0.3) is 0 Å². The summed E-state index contributed by atoms with van der Waals surface area (Å²) < 4.78 is 2.34. The average Bonchev–Trinajstić information content (AvgIpc) is 1.86. The van der Waals surface area contributed by atoms with Crippen LogP contribution in [0.2, 0.25) is 0 Å². The van der Waals surface area contributed by atoms with E-state index in [-0.39, 0.29) is 5.54 Å². The van der Waals surface area contributed by atoms with E-state index in [9.17, 15) is 0 Å². The van der Waals surface area contributed by atoms with Gasteiger partial charge in [0.15, 0.2) is 0 Å². The molecule has 0 aromatic rings. The molecule has 1 atom stereocenters. The van der Waals surface area contributed by atoms with Crippen LogP contribution in [0.1, 0.15) is 19.8 Å². The van der Waals surface area contributed by atoms with Crippen LogP contribution in [-0.2, 0) is 0 Å². The van der Waals surface area contributed by atoms with Gasteiger partial charge in [0, 0.05) is 18.6 Å². The third-order valence-corrected chi connectivity index (χ3v) is 2.78. The van der Waals surface area contributed by atoms with Crippen LogP contribution in [-0.4, -0.2) is 29.2 Å². The van der Waals surface area contributed by atoms with Crippen molar-refractivity contribution < 1.29 is 0 Å². The van der Waals surface area contributed by atoms with Gasteiger partial charge in [0.05, 0.1) is 0 Å². The summed E-state index contributed by atoms with van der Waals surface area (Å²) in [6.07, 6.45) is 4.53. The van der Waals surface area contributed by atoms with Crippen molar-refractivity contribution in [1.29, 1.82) is 0 Å². The van der Waals surface area contributed by atoms with Crippen LogP contribution in [0.3, 0.4) is 0 Å². The molecule has 2 nitrogen and oxygen atoms in total. The quantitative estimate of drug-likeness (QED) is 0.582. The first kappa shape index (κ1) is 8.37. The lowest BCUT2D eigenvalue weighted by Gasteiger charge is -2.36. The number of nitrogens with zero attached hydrogens (tertiary/aromatic N) is 1. The predicted octanol–water partition coefficient (Wildman–Crippen LogP) is 1.08. The Balaban J connectivity index is 2.40. The largest absolute Gasteiger partial charge is 0.324 e. The number of nitrogens with two attached hydrogens (primary N) is 1. The summed E-state index contributed by atoms with van der Waals surface area (Å²) in [6.45, 7) is 4.37. The zero-order chi connectivity index (χ0) is 7.61. The maximum atomic E-state index is 5.99. The number of piperidine rings is 1. The van der Waals surface area contributed by atoms with Gasteiger partial charge in [-0.3, -0.25) is 0 Å². The van der Waals surface area contributed by atoms with Crippen molar-refractivity contribution in [3.05, 3.63) is 0 Å². The fourth-order valence-corrected chi connectivity index (χ4v) is 2.11. The summed E-state index contributed by atoms with van der Waals surface area (Å²) in [6, 6.07) is 0. The molecule has 0 amide bonds. The van der Waals surface area contributed by atoms with Gasteiger partial charge in [-0.15, -0.1) is 0 Å². The molecule has 10 heavy (non-hydrogen) atoms. The molecule has 0 aromatic carbocycles. The topological polar surface area (TPSA) is 29.3 Å². The van der Waals surface area contributed by atoms with Crippen LogP contribution in [0.15, 0.2) is 0 Å². The van der Waals surface area contributed by atoms with Crippen LogP contribution < -0.4 is 5.73 Å². The zero-order valence-corrected chi connectivity index (χ0v) is 7.58. The molecule has 1 aliphatic rings. The Bertz CT molecular complexity index is 114. The van der Waals surface area contributed by atoms with Crippen molar-refractivity contribution >= 4 is 11.9 Å². The normalized spacial score (nSPS) is 36.3. The van der Waals surface area contributed by atoms with Crippen molar-refractivity contribution in [3.8, 4) is 0 Å². The molecule has 0 spiro atoms. The standard InChI is InChI=1S/C7H16N2S/c1-7(8)4-3-5-9(6-7)10-2/h3-6,8H2,1-2H3. The highest BCUT2D eigenvalue weighted by atomic mass is 32.2. The van der Waals surface area contributed by atoms with Gasteiger partial charge < -0.3 is 5.73 Å². The minimum absolute atomic E-state index is 0.0568. The Kier molecular flexibility index (Phi) is 2.61. The summed E-state index contributed by atoms with van der Waals surface area (Å²) >= 11 is 1.80. The maximum absolute atomic E-state index is 5.99. The molecule has 0 aliphatic carbocycles. The van der Waals surface area contributed by atoms with Crippen molar-refractivity contribution in [2.24, 2.45) is 5.73 Å². The van der Waals surface area contributed by atoms with E-state index in [0.29, 0.717) is 0 Å². The Hall–Kier alpha value is 0.270. The van der Waals surface area contributed by atoms with Gasteiger partial charge in [-0.25, -0.2) is 4.31 Å². The summed E-state index contributed by atoms with van der Waals surface area (Å²) in [4.78, 5) is 0. The molecule has 0 saturated carbocycles. The van der Waals surface area contributed by atoms with Crippen LogP contribution in [0.5, 0.6) is 0 Å². The summed E-state index contributed by atoms with van der Waals surface area (Å²) in [7, 11) is 0. The fraction of sp³-hybridized carbons (Fsp3) is 1.00. The molecule has 1 saturated heterocycles. The van der Waals surface area contributed by atoms with Crippen molar-refractivity contribution in [2.75, 3.05) is 19.3 Å². The first-order valence-electron chi connectivity index (χ1n) is 3.72. The van der Waals surface area contributed by atoms with E-state index in [4.69, 9.17) is 5.73 Å². The second-order valence-electron chi connectivity index (χ2n) is 3.30. The van der Waals surface area contributed by atoms with E-state index < -0.39 is 0 Å². The van der Waals surface area contributed by atoms with Crippen LogP contribution in [0.4, 0.5) is 0 Å². The first-order valence-corrected chi connectivity index (χ1v) is 4.90. The highest BCUT2D eigenvalue weighted by Gasteiger charge is 2.25. The lowest BCUT2D eigenvalue weighted by Crippen LogP contribution is -2.49. The van der Waals surface area contributed by atoms with E-state index in [1.165, 1.54) is 19.4 Å². The Morgan fingerprint density at radius 1 is 1.60 bits per heavy atom. The average molecular weight is 160 g/mol. The Morgan fingerprint density at radius 2 is 2.30 bits per heavy atom. The molecule has 2 N–H and O–H groups in total. The van der Waals surface area contributed by atoms with Crippen molar-refractivity contribution in [1.82, 2.24) is 4.31 Å². The van der Waals surface area contributed by atoms with E-state index in [0.717, 1.165) is 6.54 Å². The van der Waals surface area contributed by atoms with E-state index in [1.807, 2.05) is 0 Å². The highest BCUT2D eigenvalue weighted by Crippen LogP contribution is 2.21. The molecule has 1 fully saturated rings. The number of hydrogen-bond donors (Lipinski definition) is 1. The van der Waals surface area contributed by atoms with Gasteiger partial charge in [-0.1, -0.05) is 11.9 Å². The lowest BCUT2D eigenvalue weighted by molar-refractivity contribution is 0.260. The minimum Gasteiger partial charge on any atom is -0.324 e. The van der Waals surface area contributed by atoms with Crippen molar-refractivity contribution in [2.45, 2.75) is 25.3 Å². The Morgan fingerprint density at radius 3 is 2.70 bits per heavy atom. The van der Waals surface area contributed by atoms with Gasteiger partial charge in [-0.05, 0) is 26.0 Å².